The standard InChI is InChI=1S/C19H17F3N2O2/c1-12-11-15(8-9-16(12)24-10-2-3-17(24)25)23-18(26)13-4-6-14(7-5-13)19(20,21)22/h4-9,11H,2-3,10H2,1H3,(H,23,26). The van der Waals surface area contributed by atoms with Crippen LogP contribution in [0.25, 0.3) is 0 Å². The van der Waals surface area contributed by atoms with Crippen molar-refractivity contribution in [3.05, 3.63) is 59.2 Å². The Hall–Kier alpha value is -2.83. The summed E-state index contributed by atoms with van der Waals surface area (Å²) in [6.45, 7) is 2.52. The molecule has 0 aliphatic carbocycles. The van der Waals surface area contributed by atoms with E-state index in [4.69, 9.17) is 0 Å². The lowest BCUT2D eigenvalue weighted by atomic mass is 10.1. The van der Waals surface area contributed by atoms with E-state index < -0.39 is 17.6 Å². The first kappa shape index (κ1) is 18.0. The van der Waals surface area contributed by atoms with Crippen LogP contribution < -0.4 is 10.2 Å². The number of carbonyl (C=O) groups excluding carboxylic acids is 2. The van der Waals surface area contributed by atoms with Gasteiger partial charge < -0.3 is 10.2 Å². The summed E-state index contributed by atoms with van der Waals surface area (Å²) in [5.41, 5.74) is 1.49. The summed E-state index contributed by atoms with van der Waals surface area (Å²) in [4.78, 5) is 25.8. The number of amides is 2. The molecule has 0 saturated carbocycles. The maximum absolute atomic E-state index is 12.6. The number of anilines is 2. The molecule has 0 bridgehead atoms. The third-order valence-corrected chi connectivity index (χ3v) is 4.29. The lowest BCUT2D eigenvalue weighted by Gasteiger charge is -2.19. The third-order valence-electron chi connectivity index (χ3n) is 4.29. The van der Waals surface area contributed by atoms with Gasteiger partial charge in [0.1, 0.15) is 0 Å². The number of nitrogens with zero attached hydrogens (tertiary/aromatic N) is 1. The van der Waals surface area contributed by atoms with Crippen LogP contribution in [0.15, 0.2) is 42.5 Å². The zero-order valence-corrected chi connectivity index (χ0v) is 14.1. The van der Waals surface area contributed by atoms with Crippen molar-refractivity contribution in [3.8, 4) is 0 Å². The maximum atomic E-state index is 12.6. The molecule has 0 unspecified atom stereocenters. The van der Waals surface area contributed by atoms with Gasteiger partial charge >= 0.3 is 6.18 Å². The molecule has 3 rings (SSSR count). The van der Waals surface area contributed by atoms with Gasteiger partial charge in [0.2, 0.25) is 5.91 Å². The van der Waals surface area contributed by atoms with Crippen LogP contribution in [0.5, 0.6) is 0 Å². The summed E-state index contributed by atoms with van der Waals surface area (Å²) in [7, 11) is 0. The predicted octanol–water partition coefficient (Wildman–Crippen LogP) is 4.39. The number of carbonyl (C=O) groups is 2. The summed E-state index contributed by atoms with van der Waals surface area (Å²) in [5, 5.41) is 2.66. The van der Waals surface area contributed by atoms with Gasteiger partial charge in [0.15, 0.2) is 0 Å². The molecule has 0 aromatic heterocycles. The molecule has 1 aliphatic rings. The Bertz CT molecular complexity index is 845. The van der Waals surface area contributed by atoms with Crippen molar-refractivity contribution in [2.45, 2.75) is 25.9 Å². The fraction of sp³-hybridized carbons (Fsp3) is 0.263. The van der Waals surface area contributed by atoms with Gasteiger partial charge in [-0.3, -0.25) is 9.59 Å². The van der Waals surface area contributed by atoms with Gasteiger partial charge in [0, 0.05) is 29.9 Å². The minimum absolute atomic E-state index is 0.0784. The molecular weight excluding hydrogens is 345 g/mol. The first-order chi connectivity index (χ1) is 12.3. The highest BCUT2D eigenvalue weighted by Gasteiger charge is 2.30. The smallest absolute Gasteiger partial charge is 0.322 e. The molecule has 1 fully saturated rings. The number of rotatable bonds is 3. The summed E-state index contributed by atoms with van der Waals surface area (Å²) < 4.78 is 37.7. The topological polar surface area (TPSA) is 49.4 Å². The molecule has 26 heavy (non-hydrogen) atoms. The highest BCUT2D eigenvalue weighted by atomic mass is 19.4. The van der Waals surface area contributed by atoms with E-state index in [9.17, 15) is 22.8 Å². The largest absolute Gasteiger partial charge is 0.416 e. The molecule has 0 atom stereocenters. The molecule has 4 nitrogen and oxygen atoms in total. The van der Waals surface area contributed by atoms with Crippen LogP contribution in [-0.2, 0) is 11.0 Å². The highest BCUT2D eigenvalue weighted by Crippen LogP contribution is 2.30. The normalized spacial score (nSPS) is 14.6. The van der Waals surface area contributed by atoms with E-state index in [0.29, 0.717) is 18.7 Å². The number of hydrogen-bond donors (Lipinski definition) is 1. The van der Waals surface area contributed by atoms with E-state index in [0.717, 1.165) is 41.9 Å². The number of hydrogen-bond acceptors (Lipinski definition) is 2. The molecular formula is C19H17F3N2O2. The highest BCUT2D eigenvalue weighted by molar-refractivity contribution is 6.04. The second kappa shape index (κ2) is 6.82. The molecule has 136 valence electrons. The Labute approximate surface area is 148 Å². The Balaban J connectivity index is 1.73. The van der Waals surface area contributed by atoms with Gasteiger partial charge in [-0.15, -0.1) is 0 Å². The molecule has 1 heterocycles. The predicted molar refractivity (Wildman–Crippen MR) is 92.2 cm³/mol. The fourth-order valence-electron chi connectivity index (χ4n) is 2.95. The summed E-state index contributed by atoms with van der Waals surface area (Å²) in [5.74, 6) is -0.419. The van der Waals surface area contributed by atoms with Crippen molar-refractivity contribution < 1.29 is 22.8 Å². The molecule has 1 aliphatic heterocycles. The number of alkyl halides is 3. The van der Waals surface area contributed by atoms with Crippen LogP contribution in [0.3, 0.4) is 0 Å². The number of nitrogens with one attached hydrogen (secondary N) is 1. The van der Waals surface area contributed by atoms with E-state index in [1.165, 1.54) is 0 Å². The van der Waals surface area contributed by atoms with E-state index in [-0.39, 0.29) is 11.5 Å². The SMILES string of the molecule is Cc1cc(NC(=O)c2ccc(C(F)(F)F)cc2)ccc1N1CCCC1=O. The Morgan fingerprint density at radius 3 is 2.35 bits per heavy atom. The average molecular weight is 362 g/mol. The van der Waals surface area contributed by atoms with E-state index in [1.807, 2.05) is 6.92 Å². The van der Waals surface area contributed by atoms with Crippen molar-refractivity contribution in [1.82, 2.24) is 0 Å². The van der Waals surface area contributed by atoms with Crippen molar-refractivity contribution in [2.24, 2.45) is 0 Å². The Kier molecular flexibility index (Phi) is 4.71. The Morgan fingerprint density at radius 1 is 1.12 bits per heavy atom. The fourth-order valence-corrected chi connectivity index (χ4v) is 2.95. The molecule has 1 N–H and O–H groups in total. The average Bonchev–Trinajstić information content (AvgIpc) is 3.00. The first-order valence-electron chi connectivity index (χ1n) is 8.15. The second-order valence-corrected chi connectivity index (χ2v) is 6.18. The van der Waals surface area contributed by atoms with Gasteiger partial charge in [0.05, 0.1) is 5.56 Å². The molecule has 1 saturated heterocycles. The van der Waals surface area contributed by atoms with Gasteiger partial charge in [0.25, 0.3) is 5.91 Å². The lowest BCUT2D eigenvalue weighted by Crippen LogP contribution is -2.24. The third kappa shape index (κ3) is 3.71. The van der Waals surface area contributed by atoms with Crippen molar-refractivity contribution in [1.29, 1.82) is 0 Å². The van der Waals surface area contributed by atoms with Crippen LogP contribution in [-0.4, -0.2) is 18.4 Å². The second-order valence-electron chi connectivity index (χ2n) is 6.18. The van der Waals surface area contributed by atoms with Gasteiger partial charge in [-0.2, -0.15) is 13.2 Å². The van der Waals surface area contributed by atoms with Gasteiger partial charge in [-0.05, 0) is 61.4 Å². The number of benzene rings is 2. The Morgan fingerprint density at radius 2 is 1.81 bits per heavy atom. The molecule has 0 radical (unpaired) electrons. The van der Waals surface area contributed by atoms with Gasteiger partial charge in [-0.25, -0.2) is 0 Å². The summed E-state index contributed by atoms with van der Waals surface area (Å²) in [6, 6.07) is 9.22. The zero-order chi connectivity index (χ0) is 18.9. The summed E-state index contributed by atoms with van der Waals surface area (Å²) >= 11 is 0. The summed E-state index contributed by atoms with van der Waals surface area (Å²) in [6.07, 6.45) is -3.08. The molecule has 7 heteroatoms. The first-order valence-corrected chi connectivity index (χ1v) is 8.15. The maximum Gasteiger partial charge on any atom is 0.416 e. The van der Waals surface area contributed by atoms with Crippen molar-refractivity contribution in [2.75, 3.05) is 16.8 Å². The van der Waals surface area contributed by atoms with Crippen molar-refractivity contribution >= 4 is 23.2 Å². The minimum atomic E-state index is -4.44. The van der Waals surface area contributed by atoms with Crippen LogP contribution in [0.1, 0.15) is 34.3 Å². The van der Waals surface area contributed by atoms with Crippen LogP contribution >= 0.6 is 0 Å². The van der Waals surface area contributed by atoms with Crippen LogP contribution in [0.4, 0.5) is 24.5 Å². The minimum Gasteiger partial charge on any atom is -0.322 e. The van der Waals surface area contributed by atoms with Crippen LogP contribution in [0.2, 0.25) is 0 Å². The molecule has 2 aromatic carbocycles. The van der Waals surface area contributed by atoms with Crippen LogP contribution in [0, 0.1) is 6.92 Å². The van der Waals surface area contributed by atoms with E-state index in [2.05, 4.69) is 5.32 Å². The molecule has 2 aromatic rings. The van der Waals surface area contributed by atoms with Gasteiger partial charge in [-0.1, -0.05) is 0 Å². The molecule has 2 amide bonds. The zero-order valence-electron chi connectivity index (χ0n) is 14.1. The monoisotopic (exact) mass is 362 g/mol. The van der Waals surface area contributed by atoms with E-state index >= 15 is 0 Å². The van der Waals surface area contributed by atoms with Crippen molar-refractivity contribution in [3.63, 3.8) is 0 Å². The number of halogens is 3. The number of aryl methyl sites for hydroxylation is 1. The lowest BCUT2D eigenvalue weighted by molar-refractivity contribution is -0.137. The van der Waals surface area contributed by atoms with E-state index in [1.54, 1.807) is 23.1 Å². The molecule has 0 spiro atoms. The quantitative estimate of drug-likeness (QED) is 0.880.